The van der Waals surface area contributed by atoms with Crippen molar-refractivity contribution in [2.24, 2.45) is 0 Å². The monoisotopic (exact) mass is 342 g/mol. The second-order valence-corrected chi connectivity index (χ2v) is 5.75. The topological polar surface area (TPSA) is 98.5 Å². The fourth-order valence-corrected chi connectivity index (χ4v) is 2.91. The quantitative estimate of drug-likeness (QED) is 0.467. The molecular formula is C17H18N4O4. The highest BCUT2D eigenvalue weighted by Crippen LogP contribution is 2.24. The molecule has 3 rings (SSSR count). The van der Waals surface area contributed by atoms with Gasteiger partial charge in [0.25, 0.3) is 5.69 Å². The maximum absolute atomic E-state index is 12.5. The van der Waals surface area contributed by atoms with Crippen molar-refractivity contribution in [1.29, 1.82) is 0 Å². The normalized spacial score (nSPS) is 17.1. The van der Waals surface area contributed by atoms with E-state index in [1.54, 1.807) is 36.7 Å². The fraction of sp³-hybridized carbons (Fsp3) is 0.353. The van der Waals surface area contributed by atoms with Crippen LogP contribution in [0.3, 0.4) is 0 Å². The van der Waals surface area contributed by atoms with Crippen molar-refractivity contribution in [2.45, 2.75) is 31.9 Å². The summed E-state index contributed by atoms with van der Waals surface area (Å²) in [4.78, 5) is 33.4. The van der Waals surface area contributed by atoms with Gasteiger partial charge in [0.2, 0.25) is 5.95 Å². The van der Waals surface area contributed by atoms with Gasteiger partial charge in [-0.05, 0) is 31.4 Å². The molecule has 130 valence electrons. The number of hydrogen-bond acceptors (Lipinski definition) is 7. The lowest BCUT2D eigenvalue weighted by Gasteiger charge is -2.33. The number of anilines is 1. The van der Waals surface area contributed by atoms with Crippen LogP contribution in [0.25, 0.3) is 0 Å². The molecule has 1 aromatic heterocycles. The maximum Gasteiger partial charge on any atom is 0.329 e. The predicted octanol–water partition coefficient (Wildman–Crippen LogP) is 2.49. The number of carbonyl (C=O) groups is 1. The van der Waals surface area contributed by atoms with Gasteiger partial charge in [0, 0.05) is 25.0 Å². The van der Waals surface area contributed by atoms with Gasteiger partial charge in [0.05, 0.1) is 10.5 Å². The first-order valence-electron chi connectivity index (χ1n) is 8.09. The van der Waals surface area contributed by atoms with E-state index in [2.05, 4.69) is 9.97 Å². The third-order valence-corrected chi connectivity index (χ3v) is 4.14. The molecule has 0 aliphatic carbocycles. The van der Waals surface area contributed by atoms with E-state index < -0.39 is 16.9 Å². The van der Waals surface area contributed by atoms with Crippen molar-refractivity contribution in [3.8, 4) is 0 Å². The zero-order chi connectivity index (χ0) is 17.6. The molecule has 8 nitrogen and oxygen atoms in total. The van der Waals surface area contributed by atoms with Gasteiger partial charge < -0.3 is 9.64 Å². The number of benzene rings is 1. The molecule has 0 bridgehead atoms. The maximum atomic E-state index is 12.5. The molecule has 0 radical (unpaired) electrons. The van der Waals surface area contributed by atoms with Gasteiger partial charge in [-0.3, -0.25) is 10.1 Å². The molecule has 1 atom stereocenters. The second-order valence-electron chi connectivity index (χ2n) is 5.75. The van der Waals surface area contributed by atoms with Crippen LogP contribution < -0.4 is 4.90 Å². The largest absolute Gasteiger partial charge is 0.459 e. The van der Waals surface area contributed by atoms with E-state index in [4.69, 9.17) is 4.74 Å². The molecule has 2 heterocycles. The van der Waals surface area contributed by atoms with Crippen molar-refractivity contribution in [2.75, 3.05) is 11.4 Å². The molecule has 0 N–H and O–H groups in total. The average molecular weight is 342 g/mol. The molecule has 0 spiro atoms. The molecule has 1 aromatic carbocycles. The SMILES string of the molecule is O=C(OCc1ccccc1[N+](=O)[O-])[C@H]1CCCCN1c1ncccn1. The Labute approximate surface area is 144 Å². The Morgan fingerprint density at radius 3 is 2.76 bits per heavy atom. The molecule has 0 unspecified atom stereocenters. The van der Waals surface area contributed by atoms with Gasteiger partial charge in [0.15, 0.2) is 0 Å². The number of nitrogens with zero attached hydrogens (tertiary/aromatic N) is 4. The van der Waals surface area contributed by atoms with Crippen LogP contribution in [0.2, 0.25) is 0 Å². The summed E-state index contributed by atoms with van der Waals surface area (Å²) >= 11 is 0. The smallest absolute Gasteiger partial charge is 0.329 e. The number of rotatable bonds is 5. The average Bonchev–Trinajstić information content (AvgIpc) is 2.67. The number of esters is 1. The number of ether oxygens (including phenoxy) is 1. The fourth-order valence-electron chi connectivity index (χ4n) is 2.91. The summed E-state index contributed by atoms with van der Waals surface area (Å²) in [6.45, 7) is 0.547. The Kier molecular flexibility index (Phi) is 5.17. The summed E-state index contributed by atoms with van der Waals surface area (Å²) < 4.78 is 5.37. The number of nitro benzene ring substituents is 1. The summed E-state index contributed by atoms with van der Waals surface area (Å²) in [5.41, 5.74) is 0.321. The number of hydrogen-bond donors (Lipinski definition) is 0. The van der Waals surface area contributed by atoms with Gasteiger partial charge in [-0.1, -0.05) is 12.1 Å². The van der Waals surface area contributed by atoms with Crippen LogP contribution in [0, 0.1) is 10.1 Å². The summed E-state index contributed by atoms with van der Waals surface area (Å²) in [6, 6.07) is 7.49. The van der Waals surface area contributed by atoms with Gasteiger partial charge in [-0.15, -0.1) is 0 Å². The molecule has 0 saturated carbocycles. The number of para-hydroxylation sites is 1. The van der Waals surface area contributed by atoms with Crippen LogP contribution in [-0.4, -0.2) is 33.4 Å². The van der Waals surface area contributed by atoms with Crippen LogP contribution in [0.15, 0.2) is 42.7 Å². The van der Waals surface area contributed by atoms with E-state index in [1.165, 1.54) is 6.07 Å². The molecule has 25 heavy (non-hydrogen) atoms. The number of piperidine rings is 1. The molecule has 8 heteroatoms. The highest BCUT2D eigenvalue weighted by molar-refractivity contribution is 5.79. The molecule has 2 aromatic rings. The lowest BCUT2D eigenvalue weighted by Crippen LogP contribution is -2.46. The van der Waals surface area contributed by atoms with Crippen LogP contribution >= 0.6 is 0 Å². The van der Waals surface area contributed by atoms with Crippen molar-refractivity contribution in [3.05, 3.63) is 58.4 Å². The Balaban J connectivity index is 1.70. The van der Waals surface area contributed by atoms with Crippen molar-refractivity contribution < 1.29 is 14.5 Å². The first-order valence-corrected chi connectivity index (χ1v) is 8.09. The molecule has 1 aliphatic rings. The van der Waals surface area contributed by atoms with Crippen LogP contribution in [-0.2, 0) is 16.1 Å². The zero-order valence-corrected chi connectivity index (χ0v) is 13.6. The van der Waals surface area contributed by atoms with E-state index in [0.717, 1.165) is 12.8 Å². The predicted molar refractivity (Wildman–Crippen MR) is 89.9 cm³/mol. The highest BCUT2D eigenvalue weighted by atomic mass is 16.6. The molecular weight excluding hydrogens is 324 g/mol. The first-order chi connectivity index (χ1) is 12.2. The number of carbonyl (C=O) groups excluding carboxylic acids is 1. The van der Waals surface area contributed by atoms with Crippen molar-refractivity contribution in [1.82, 2.24) is 9.97 Å². The third-order valence-electron chi connectivity index (χ3n) is 4.14. The van der Waals surface area contributed by atoms with Gasteiger partial charge in [-0.2, -0.15) is 0 Å². The number of nitro groups is 1. The van der Waals surface area contributed by atoms with Gasteiger partial charge >= 0.3 is 5.97 Å². The van der Waals surface area contributed by atoms with E-state index in [1.807, 2.05) is 4.90 Å². The van der Waals surface area contributed by atoms with E-state index in [-0.39, 0.29) is 12.3 Å². The third kappa shape index (κ3) is 3.90. The molecule has 0 amide bonds. The summed E-state index contributed by atoms with van der Waals surface area (Å²) in [5, 5.41) is 11.0. The second kappa shape index (κ2) is 7.69. The van der Waals surface area contributed by atoms with Crippen LogP contribution in [0.5, 0.6) is 0 Å². The molecule has 1 aliphatic heterocycles. The summed E-state index contributed by atoms with van der Waals surface area (Å²) in [5.74, 6) is 0.0835. The van der Waals surface area contributed by atoms with Gasteiger partial charge in [0.1, 0.15) is 12.6 Å². The molecule has 1 fully saturated rings. The Hall–Kier alpha value is -3.03. The minimum absolute atomic E-state index is 0.0535. The van der Waals surface area contributed by atoms with Crippen molar-refractivity contribution in [3.63, 3.8) is 0 Å². The van der Waals surface area contributed by atoms with Gasteiger partial charge in [-0.25, -0.2) is 14.8 Å². The van der Waals surface area contributed by atoms with Crippen LogP contribution in [0.1, 0.15) is 24.8 Å². The van der Waals surface area contributed by atoms with E-state index >= 15 is 0 Å². The first kappa shape index (κ1) is 16.8. The summed E-state index contributed by atoms with van der Waals surface area (Å²) in [6.07, 6.45) is 5.77. The number of aromatic nitrogens is 2. The molecule has 1 saturated heterocycles. The van der Waals surface area contributed by atoms with Crippen LogP contribution in [0.4, 0.5) is 11.6 Å². The standard InChI is InChI=1S/C17H18N4O4/c22-16(25-12-13-6-1-2-7-14(13)21(23)24)15-8-3-4-11-20(15)17-18-9-5-10-19-17/h1-2,5-7,9-10,15H,3-4,8,11-12H2/t15-/m1/s1. The highest BCUT2D eigenvalue weighted by Gasteiger charge is 2.32. The van der Waals surface area contributed by atoms with E-state index in [9.17, 15) is 14.9 Å². The summed E-state index contributed by atoms with van der Waals surface area (Å²) in [7, 11) is 0. The Morgan fingerprint density at radius 1 is 1.24 bits per heavy atom. The van der Waals surface area contributed by atoms with E-state index in [0.29, 0.717) is 24.5 Å². The Morgan fingerprint density at radius 2 is 2.00 bits per heavy atom. The Bertz CT molecular complexity index is 753. The van der Waals surface area contributed by atoms with Crippen molar-refractivity contribution >= 4 is 17.6 Å². The zero-order valence-electron chi connectivity index (χ0n) is 13.6. The lowest BCUT2D eigenvalue weighted by molar-refractivity contribution is -0.385. The minimum atomic E-state index is -0.478. The minimum Gasteiger partial charge on any atom is -0.459 e. The lowest BCUT2D eigenvalue weighted by atomic mass is 10.0.